The number of rotatable bonds is 9. The molecule has 0 bridgehead atoms. The minimum absolute atomic E-state index is 0.0827. The summed E-state index contributed by atoms with van der Waals surface area (Å²) in [7, 11) is -9.71. The van der Waals surface area contributed by atoms with Crippen molar-refractivity contribution >= 4 is 37.1 Å². The molecule has 0 N–H and O–H groups in total. The molecule has 2 atom stereocenters. The fourth-order valence-electron chi connectivity index (χ4n) is 7.31. The predicted octanol–water partition coefficient (Wildman–Crippen LogP) is 12.8. The van der Waals surface area contributed by atoms with Crippen molar-refractivity contribution in [1.29, 1.82) is 0 Å². The first-order valence-corrected chi connectivity index (χ1v) is 20.4. The van der Waals surface area contributed by atoms with Crippen molar-refractivity contribution in [2.24, 2.45) is 0 Å². The molecule has 0 aliphatic rings. The normalized spacial score (nSPS) is 12.8. The van der Waals surface area contributed by atoms with Crippen LogP contribution < -0.4 is 21.2 Å². The smallest absolute Gasteiger partial charge is 0.200 e. The molecule has 6 rings (SSSR count). The Kier molecular flexibility index (Phi) is 13.3. The molecule has 0 aromatic heterocycles. The molecular formula is C42H20F20P2. The van der Waals surface area contributed by atoms with Crippen LogP contribution in [0.1, 0.15) is 44.7 Å². The van der Waals surface area contributed by atoms with Gasteiger partial charge in [0.05, 0.1) is 21.2 Å². The summed E-state index contributed by atoms with van der Waals surface area (Å²) in [4.78, 5) is 0. The van der Waals surface area contributed by atoms with E-state index in [4.69, 9.17) is 0 Å². The van der Waals surface area contributed by atoms with Crippen LogP contribution in [0.3, 0.4) is 0 Å². The van der Waals surface area contributed by atoms with Gasteiger partial charge < -0.3 is 0 Å². The molecule has 0 spiro atoms. The third kappa shape index (κ3) is 7.77. The van der Waals surface area contributed by atoms with Crippen molar-refractivity contribution in [2.45, 2.75) is 39.0 Å². The van der Waals surface area contributed by atoms with Gasteiger partial charge in [-0.05, 0) is 54.7 Å². The zero-order chi connectivity index (χ0) is 47.9. The van der Waals surface area contributed by atoms with Crippen molar-refractivity contribution in [3.8, 4) is 0 Å². The van der Waals surface area contributed by atoms with E-state index in [1.807, 2.05) is 0 Å². The van der Waals surface area contributed by atoms with Gasteiger partial charge in [0.15, 0.2) is 93.1 Å². The van der Waals surface area contributed by atoms with Gasteiger partial charge in [0.2, 0.25) is 23.3 Å². The summed E-state index contributed by atoms with van der Waals surface area (Å²) in [5, 5.41) is -9.84. The molecule has 0 saturated carbocycles. The average Bonchev–Trinajstić information content (AvgIpc) is 3.23. The number of hydrogen-bond acceptors (Lipinski definition) is 0. The molecule has 0 unspecified atom stereocenters. The van der Waals surface area contributed by atoms with E-state index < -0.39 is 176 Å². The third-order valence-corrected chi connectivity index (χ3v) is 15.8. The van der Waals surface area contributed by atoms with Gasteiger partial charge in [-0.15, -0.1) is 0 Å². The first-order chi connectivity index (χ1) is 29.8. The number of hydrogen-bond donors (Lipinski definition) is 0. The maximum absolute atomic E-state index is 16.4. The second-order valence-corrected chi connectivity index (χ2v) is 18.5. The summed E-state index contributed by atoms with van der Waals surface area (Å²) in [6.07, 6.45) is 0. The lowest BCUT2D eigenvalue weighted by molar-refractivity contribution is 0.382. The summed E-state index contributed by atoms with van der Waals surface area (Å²) in [5.41, 5.74) is -8.23. The Hall–Kier alpha value is -5.22. The molecule has 0 fully saturated rings. The second kappa shape index (κ2) is 17.6. The van der Waals surface area contributed by atoms with Gasteiger partial charge in [0, 0.05) is 11.3 Å². The molecule has 0 amide bonds. The summed E-state index contributed by atoms with van der Waals surface area (Å²) in [6.45, 7) is 4.70. The molecule has 6 aromatic carbocycles. The maximum atomic E-state index is 16.4. The fraction of sp³-hybridized carbons (Fsp3) is 0.143. The fourth-order valence-corrected chi connectivity index (χ4v) is 13.9. The van der Waals surface area contributed by atoms with Crippen LogP contribution >= 0.6 is 15.8 Å². The van der Waals surface area contributed by atoms with Gasteiger partial charge in [-0.3, -0.25) is 0 Å². The topological polar surface area (TPSA) is 0 Å². The van der Waals surface area contributed by atoms with Crippen LogP contribution in [-0.4, -0.2) is 0 Å². The van der Waals surface area contributed by atoms with Gasteiger partial charge in [0.1, 0.15) is 0 Å². The van der Waals surface area contributed by atoms with E-state index in [0.717, 1.165) is 24.3 Å². The highest BCUT2D eigenvalue weighted by Crippen LogP contribution is 2.68. The van der Waals surface area contributed by atoms with E-state index in [9.17, 15) is 17.6 Å². The van der Waals surface area contributed by atoms with Crippen LogP contribution in [0.5, 0.6) is 0 Å². The number of halogens is 20. The summed E-state index contributed by atoms with van der Waals surface area (Å²) in [6, 6.07) is 5.66. The molecule has 0 saturated heterocycles. The van der Waals surface area contributed by atoms with Crippen molar-refractivity contribution in [1.82, 2.24) is 0 Å². The standard InChI is InChI=1S/C42H20F20P2/c1-11-5-12(2)8-15(7-11)37(63(39-29(55)21(47)17(43)22(48)30(39)56)40-31(57)23(49)18(44)24(50)32(40)58)38(16-9-13(3)6-14(4)10-16)64(41-33(59)25(51)19(45)26(52)34(41)60)42-35(61)27(53)20(46)28(54)36(42)62/h5-10,37-38H,1-4H3/t37-,38-/m1/s1. The molecule has 6 aromatic rings. The van der Waals surface area contributed by atoms with Gasteiger partial charge in [-0.1, -0.05) is 58.7 Å². The van der Waals surface area contributed by atoms with Crippen LogP contribution in [0.2, 0.25) is 0 Å². The molecule has 64 heavy (non-hydrogen) atoms. The number of aryl methyl sites for hydroxylation is 4. The zero-order valence-corrected chi connectivity index (χ0v) is 33.9. The van der Waals surface area contributed by atoms with E-state index in [2.05, 4.69) is 0 Å². The first kappa shape index (κ1) is 48.2. The Bertz CT molecular complexity index is 2440. The van der Waals surface area contributed by atoms with Gasteiger partial charge in [-0.25, -0.2) is 87.8 Å². The Morgan fingerprint density at radius 3 is 0.531 bits per heavy atom. The molecule has 0 nitrogen and oxygen atoms in total. The SMILES string of the molecule is Cc1cc(C)cc([C@H]([C@@H](c2cc(C)cc(C)c2)P(c2c(F)c(F)c(F)c(F)c2F)c2c(F)c(F)c(F)c(F)c2F)P(c2c(F)c(F)c(F)c(F)c2F)c2c(F)c(F)c(F)c(F)c2F)c1. The second-order valence-electron chi connectivity index (χ2n) is 14.1. The summed E-state index contributed by atoms with van der Waals surface area (Å²) in [5.74, 6) is -60.1. The van der Waals surface area contributed by atoms with Crippen LogP contribution in [-0.2, 0) is 0 Å². The summed E-state index contributed by atoms with van der Waals surface area (Å²) < 4.78 is 312. The monoisotopic (exact) mass is 966 g/mol. The van der Waals surface area contributed by atoms with Crippen molar-refractivity contribution in [3.63, 3.8) is 0 Å². The number of benzene rings is 6. The third-order valence-electron chi connectivity index (χ3n) is 9.74. The molecule has 22 heteroatoms. The molecule has 338 valence electrons. The lowest BCUT2D eigenvalue weighted by Crippen LogP contribution is -2.36. The van der Waals surface area contributed by atoms with E-state index in [1.54, 1.807) is 0 Å². The quantitative estimate of drug-likeness (QED) is 0.0586. The molecule has 0 heterocycles. The van der Waals surface area contributed by atoms with Gasteiger partial charge >= 0.3 is 0 Å². The average molecular weight is 967 g/mol. The van der Waals surface area contributed by atoms with Crippen molar-refractivity contribution in [2.75, 3.05) is 0 Å². The lowest BCUT2D eigenvalue weighted by atomic mass is 9.97. The van der Waals surface area contributed by atoms with Crippen LogP contribution in [0.25, 0.3) is 0 Å². The molecule has 0 radical (unpaired) electrons. The van der Waals surface area contributed by atoms with Crippen LogP contribution in [0, 0.1) is 144 Å². The Labute approximate surface area is 349 Å². The minimum Gasteiger partial charge on any atom is -0.203 e. The maximum Gasteiger partial charge on any atom is 0.200 e. The summed E-state index contributed by atoms with van der Waals surface area (Å²) >= 11 is 0. The molecule has 0 aliphatic carbocycles. The van der Waals surface area contributed by atoms with Gasteiger partial charge in [-0.2, -0.15) is 0 Å². The van der Waals surface area contributed by atoms with Crippen LogP contribution in [0.4, 0.5) is 87.8 Å². The highest BCUT2D eigenvalue weighted by Gasteiger charge is 2.50. The van der Waals surface area contributed by atoms with Gasteiger partial charge in [0.25, 0.3) is 0 Å². The molecular weight excluding hydrogens is 946 g/mol. The highest BCUT2D eigenvalue weighted by molar-refractivity contribution is 7.77. The predicted molar refractivity (Wildman–Crippen MR) is 195 cm³/mol. The zero-order valence-electron chi connectivity index (χ0n) is 32.1. The van der Waals surface area contributed by atoms with E-state index in [1.165, 1.54) is 39.8 Å². The Morgan fingerprint density at radius 1 is 0.234 bits per heavy atom. The van der Waals surface area contributed by atoms with Crippen molar-refractivity contribution in [3.05, 3.63) is 186 Å². The Balaban J connectivity index is 2.04. The first-order valence-electron chi connectivity index (χ1n) is 17.6. The van der Waals surface area contributed by atoms with E-state index >= 15 is 70.2 Å². The highest BCUT2D eigenvalue weighted by atomic mass is 31.1. The van der Waals surface area contributed by atoms with E-state index in [0.29, 0.717) is 0 Å². The van der Waals surface area contributed by atoms with Crippen molar-refractivity contribution < 1.29 is 87.8 Å². The lowest BCUT2D eigenvalue weighted by Gasteiger charge is -2.41. The molecule has 0 aliphatic heterocycles. The van der Waals surface area contributed by atoms with Crippen LogP contribution in [0.15, 0.2) is 36.4 Å². The largest absolute Gasteiger partial charge is 0.203 e. The minimum atomic E-state index is -4.86. The van der Waals surface area contributed by atoms with E-state index in [-0.39, 0.29) is 22.3 Å². The Morgan fingerprint density at radius 2 is 0.375 bits per heavy atom.